The summed E-state index contributed by atoms with van der Waals surface area (Å²) >= 11 is 0. The van der Waals surface area contributed by atoms with Crippen LogP contribution in [0.2, 0.25) is 0 Å². The Bertz CT molecular complexity index is 423. The second-order valence-corrected chi connectivity index (χ2v) is 5.22. The molecule has 1 rings (SSSR count). The highest BCUT2D eigenvalue weighted by molar-refractivity contribution is 5.79. The lowest BCUT2D eigenvalue weighted by atomic mass is 10.1. The zero-order chi connectivity index (χ0) is 15.5. The molecule has 0 aliphatic rings. The number of hydrogen-bond acceptors (Lipinski definition) is 2. The number of benzene rings is 1. The van der Waals surface area contributed by atoms with E-state index in [1.54, 1.807) is 7.05 Å². The van der Waals surface area contributed by atoms with Gasteiger partial charge in [-0.2, -0.15) is 0 Å². The molecule has 0 aliphatic carbocycles. The van der Waals surface area contributed by atoms with Crippen molar-refractivity contribution in [2.45, 2.75) is 33.6 Å². The molecular formula is C17H29N3O. The SMILES string of the molecule is CCOCCCNC(=NC)NCCc1cc(C)cc(C)c1. The smallest absolute Gasteiger partial charge is 0.190 e. The quantitative estimate of drug-likeness (QED) is 0.439. The lowest BCUT2D eigenvalue weighted by molar-refractivity contribution is 0.145. The van der Waals surface area contributed by atoms with Crippen LogP contribution in [0.1, 0.15) is 30.0 Å². The van der Waals surface area contributed by atoms with Gasteiger partial charge in [-0.25, -0.2) is 0 Å². The van der Waals surface area contributed by atoms with E-state index in [2.05, 4.69) is 47.7 Å². The van der Waals surface area contributed by atoms with E-state index in [9.17, 15) is 0 Å². The van der Waals surface area contributed by atoms with E-state index in [1.165, 1.54) is 16.7 Å². The van der Waals surface area contributed by atoms with E-state index >= 15 is 0 Å². The van der Waals surface area contributed by atoms with Crippen molar-refractivity contribution >= 4 is 5.96 Å². The van der Waals surface area contributed by atoms with Crippen molar-refractivity contribution in [1.29, 1.82) is 0 Å². The molecule has 0 bridgehead atoms. The zero-order valence-electron chi connectivity index (χ0n) is 13.8. The first kappa shape index (κ1) is 17.5. The average Bonchev–Trinajstić information content (AvgIpc) is 2.44. The third kappa shape index (κ3) is 7.71. The predicted octanol–water partition coefficient (Wildman–Crippen LogP) is 2.44. The summed E-state index contributed by atoms with van der Waals surface area (Å²) in [5.74, 6) is 0.857. The van der Waals surface area contributed by atoms with Gasteiger partial charge >= 0.3 is 0 Å². The van der Waals surface area contributed by atoms with Gasteiger partial charge in [0.05, 0.1) is 0 Å². The van der Waals surface area contributed by atoms with Gasteiger partial charge in [-0.05, 0) is 39.2 Å². The van der Waals surface area contributed by atoms with Crippen LogP contribution in [-0.2, 0) is 11.2 Å². The molecule has 4 nitrogen and oxygen atoms in total. The highest BCUT2D eigenvalue weighted by Gasteiger charge is 1.99. The Kier molecular flexibility index (Phi) is 8.51. The molecule has 4 heteroatoms. The Morgan fingerprint density at radius 3 is 2.38 bits per heavy atom. The van der Waals surface area contributed by atoms with Gasteiger partial charge in [0.1, 0.15) is 0 Å². The molecule has 0 amide bonds. The average molecular weight is 291 g/mol. The van der Waals surface area contributed by atoms with E-state index in [-0.39, 0.29) is 0 Å². The summed E-state index contributed by atoms with van der Waals surface area (Å²) in [5, 5.41) is 6.64. The molecule has 21 heavy (non-hydrogen) atoms. The lowest BCUT2D eigenvalue weighted by Gasteiger charge is -2.12. The predicted molar refractivity (Wildman–Crippen MR) is 90.1 cm³/mol. The fourth-order valence-electron chi connectivity index (χ4n) is 2.28. The van der Waals surface area contributed by atoms with Crippen molar-refractivity contribution in [1.82, 2.24) is 10.6 Å². The Morgan fingerprint density at radius 2 is 1.76 bits per heavy atom. The molecule has 0 aliphatic heterocycles. The number of rotatable bonds is 8. The molecule has 2 N–H and O–H groups in total. The van der Waals surface area contributed by atoms with Crippen LogP contribution in [0.15, 0.2) is 23.2 Å². The summed E-state index contributed by atoms with van der Waals surface area (Å²) in [7, 11) is 1.80. The van der Waals surface area contributed by atoms with E-state index < -0.39 is 0 Å². The minimum absolute atomic E-state index is 0.781. The van der Waals surface area contributed by atoms with Crippen LogP contribution in [0.25, 0.3) is 0 Å². The van der Waals surface area contributed by atoms with Gasteiger partial charge in [0.2, 0.25) is 0 Å². The van der Waals surface area contributed by atoms with E-state index in [0.717, 1.165) is 45.1 Å². The van der Waals surface area contributed by atoms with Gasteiger partial charge in [0, 0.05) is 33.4 Å². The van der Waals surface area contributed by atoms with Crippen LogP contribution < -0.4 is 10.6 Å². The topological polar surface area (TPSA) is 45.6 Å². The summed E-state index contributed by atoms with van der Waals surface area (Å²) in [5.41, 5.74) is 4.01. The Morgan fingerprint density at radius 1 is 1.10 bits per heavy atom. The number of nitrogens with zero attached hydrogens (tertiary/aromatic N) is 1. The standard InChI is InChI=1S/C17H29N3O/c1-5-21-10-6-8-19-17(18-4)20-9-7-16-12-14(2)11-15(3)13-16/h11-13H,5-10H2,1-4H3,(H2,18,19,20). The monoisotopic (exact) mass is 291 g/mol. The van der Waals surface area contributed by atoms with E-state index in [4.69, 9.17) is 4.74 Å². The van der Waals surface area contributed by atoms with Gasteiger partial charge in [-0.1, -0.05) is 29.3 Å². The van der Waals surface area contributed by atoms with Crippen LogP contribution in [-0.4, -0.2) is 39.3 Å². The highest BCUT2D eigenvalue weighted by Crippen LogP contribution is 2.08. The van der Waals surface area contributed by atoms with Crippen LogP contribution in [0.4, 0.5) is 0 Å². The third-order valence-corrected chi connectivity index (χ3v) is 3.17. The summed E-state index contributed by atoms with van der Waals surface area (Å²) < 4.78 is 5.31. The van der Waals surface area contributed by atoms with Crippen LogP contribution in [0.5, 0.6) is 0 Å². The van der Waals surface area contributed by atoms with E-state index in [0.29, 0.717) is 0 Å². The number of nitrogens with one attached hydrogen (secondary N) is 2. The molecule has 0 saturated carbocycles. The Labute approximate surface area is 129 Å². The van der Waals surface area contributed by atoms with Crippen molar-refractivity contribution in [2.75, 3.05) is 33.4 Å². The summed E-state index contributed by atoms with van der Waals surface area (Å²) in [6, 6.07) is 6.69. The number of aryl methyl sites for hydroxylation is 2. The molecule has 0 fully saturated rings. The first-order chi connectivity index (χ1) is 10.2. The number of guanidine groups is 1. The molecule has 0 heterocycles. The Balaban J connectivity index is 2.25. The molecular weight excluding hydrogens is 262 g/mol. The molecule has 1 aromatic carbocycles. The van der Waals surface area contributed by atoms with Crippen LogP contribution >= 0.6 is 0 Å². The first-order valence-corrected chi connectivity index (χ1v) is 7.75. The third-order valence-electron chi connectivity index (χ3n) is 3.17. The zero-order valence-corrected chi connectivity index (χ0v) is 13.8. The number of hydrogen-bond donors (Lipinski definition) is 2. The normalized spacial score (nSPS) is 11.5. The molecule has 1 aromatic rings. The van der Waals surface area contributed by atoms with Crippen molar-refractivity contribution in [2.24, 2.45) is 4.99 Å². The van der Waals surface area contributed by atoms with E-state index in [1.807, 2.05) is 6.92 Å². The molecule has 0 saturated heterocycles. The maximum absolute atomic E-state index is 5.31. The van der Waals surface area contributed by atoms with Gasteiger partial charge in [0.15, 0.2) is 5.96 Å². The minimum atomic E-state index is 0.781. The van der Waals surface area contributed by atoms with Gasteiger partial charge in [-0.15, -0.1) is 0 Å². The van der Waals surface area contributed by atoms with Gasteiger partial charge < -0.3 is 15.4 Å². The second kappa shape index (κ2) is 10.2. The first-order valence-electron chi connectivity index (χ1n) is 7.75. The molecule has 0 unspecified atom stereocenters. The number of aliphatic imine (C=N–C) groups is 1. The lowest BCUT2D eigenvalue weighted by Crippen LogP contribution is -2.39. The fraction of sp³-hybridized carbons (Fsp3) is 0.588. The molecule has 0 aromatic heterocycles. The van der Waals surface area contributed by atoms with Crippen LogP contribution in [0.3, 0.4) is 0 Å². The van der Waals surface area contributed by atoms with Crippen molar-refractivity contribution in [3.63, 3.8) is 0 Å². The molecule has 0 spiro atoms. The Hall–Kier alpha value is -1.55. The highest BCUT2D eigenvalue weighted by atomic mass is 16.5. The maximum atomic E-state index is 5.31. The van der Waals surface area contributed by atoms with Crippen molar-refractivity contribution in [3.05, 3.63) is 34.9 Å². The molecule has 118 valence electrons. The van der Waals surface area contributed by atoms with Crippen LogP contribution in [0, 0.1) is 13.8 Å². The largest absolute Gasteiger partial charge is 0.382 e. The van der Waals surface area contributed by atoms with Gasteiger partial charge in [0.25, 0.3) is 0 Å². The summed E-state index contributed by atoms with van der Waals surface area (Å²) in [6.07, 6.45) is 1.99. The second-order valence-electron chi connectivity index (χ2n) is 5.22. The van der Waals surface area contributed by atoms with Crippen molar-refractivity contribution < 1.29 is 4.74 Å². The molecule has 0 atom stereocenters. The van der Waals surface area contributed by atoms with Crippen molar-refractivity contribution in [3.8, 4) is 0 Å². The molecule has 0 radical (unpaired) electrons. The fourth-order valence-corrected chi connectivity index (χ4v) is 2.28. The summed E-state index contributed by atoms with van der Waals surface area (Å²) in [6.45, 7) is 9.63. The number of ether oxygens (including phenoxy) is 1. The maximum Gasteiger partial charge on any atom is 0.190 e. The van der Waals surface area contributed by atoms with Gasteiger partial charge in [-0.3, -0.25) is 4.99 Å². The minimum Gasteiger partial charge on any atom is -0.382 e. The summed E-state index contributed by atoms with van der Waals surface area (Å²) in [4.78, 5) is 4.23.